The van der Waals surface area contributed by atoms with Crippen LogP contribution in [0.4, 0.5) is 0 Å². The summed E-state index contributed by atoms with van der Waals surface area (Å²) in [4.78, 5) is 15.7. The Labute approximate surface area is 285 Å². The molecule has 0 saturated heterocycles. The van der Waals surface area contributed by atoms with Crippen LogP contribution in [0.2, 0.25) is 0 Å². The van der Waals surface area contributed by atoms with Crippen LogP contribution in [0.3, 0.4) is 0 Å². The fraction of sp³-hybridized carbons (Fsp3) is 0. The number of furan rings is 1. The summed E-state index contributed by atoms with van der Waals surface area (Å²) in [5, 5.41) is 11.4. The highest BCUT2D eigenvalue weighted by molar-refractivity contribution is 6.24. The second-order valence-electron chi connectivity index (χ2n) is 12.8. The molecule has 232 valence electrons. The maximum Gasteiger partial charge on any atom is 0.238 e. The molecule has 5 heteroatoms. The molecule has 0 bridgehead atoms. The zero-order valence-corrected chi connectivity index (χ0v) is 26.7. The van der Waals surface area contributed by atoms with Crippen LogP contribution in [0, 0.1) is 0 Å². The number of rotatable bonds is 3. The van der Waals surface area contributed by atoms with Crippen molar-refractivity contribution in [2.75, 3.05) is 0 Å². The van der Waals surface area contributed by atoms with E-state index >= 15 is 0 Å². The smallest absolute Gasteiger partial charge is 0.238 e. The van der Waals surface area contributed by atoms with Crippen LogP contribution in [-0.4, -0.2) is 19.5 Å². The van der Waals surface area contributed by atoms with Gasteiger partial charge in [-0.3, -0.25) is 4.57 Å². The summed E-state index contributed by atoms with van der Waals surface area (Å²) >= 11 is 0. The van der Waals surface area contributed by atoms with Crippen LogP contribution in [-0.2, 0) is 0 Å². The van der Waals surface area contributed by atoms with Gasteiger partial charge >= 0.3 is 0 Å². The van der Waals surface area contributed by atoms with Gasteiger partial charge in [0.15, 0.2) is 11.6 Å². The molecule has 8 aromatic carbocycles. The third kappa shape index (κ3) is 3.92. The van der Waals surface area contributed by atoms with Gasteiger partial charge in [-0.05, 0) is 62.6 Å². The van der Waals surface area contributed by atoms with E-state index < -0.39 is 0 Å². The third-order valence-corrected chi connectivity index (χ3v) is 9.99. The minimum atomic E-state index is 0.553. The number of fused-ring (bicyclic) bond motifs is 11. The molecule has 0 aliphatic heterocycles. The van der Waals surface area contributed by atoms with Crippen molar-refractivity contribution in [1.82, 2.24) is 19.5 Å². The summed E-state index contributed by atoms with van der Waals surface area (Å²) in [6.07, 6.45) is 0. The lowest BCUT2D eigenvalue weighted by Gasteiger charge is -2.12. The monoisotopic (exact) mass is 638 g/mol. The molecule has 0 unspecified atom stereocenters. The summed E-state index contributed by atoms with van der Waals surface area (Å²) in [5.41, 5.74) is 5.42. The van der Waals surface area contributed by atoms with Gasteiger partial charge in [0.25, 0.3) is 0 Å². The van der Waals surface area contributed by atoms with Crippen molar-refractivity contribution in [2.24, 2.45) is 0 Å². The lowest BCUT2D eigenvalue weighted by molar-refractivity contribution is 0.669. The van der Waals surface area contributed by atoms with Crippen LogP contribution >= 0.6 is 0 Å². The van der Waals surface area contributed by atoms with Gasteiger partial charge < -0.3 is 4.42 Å². The van der Waals surface area contributed by atoms with E-state index in [2.05, 4.69) is 120 Å². The average Bonchev–Trinajstić information content (AvgIpc) is 3.73. The maximum atomic E-state index is 6.65. The molecular formula is C45H26N4O. The van der Waals surface area contributed by atoms with E-state index in [1.54, 1.807) is 0 Å². The van der Waals surface area contributed by atoms with Gasteiger partial charge in [0.05, 0.1) is 16.6 Å². The highest BCUT2D eigenvalue weighted by Gasteiger charge is 2.23. The zero-order chi connectivity index (χ0) is 32.8. The molecule has 0 atom stereocenters. The van der Waals surface area contributed by atoms with Gasteiger partial charge in [0.2, 0.25) is 5.95 Å². The fourth-order valence-corrected chi connectivity index (χ4v) is 7.73. The molecule has 0 aliphatic rings. The molecule has 0 radical (unpaired) electrons. The van der Waals surface area contributed by atoms with Gasteiger partial charge in [0.1, 0.15) is 11.2 Å². The lowest BCUT2D eigenvalue weighted by atomic mass is 10.00. The number of hydrogen-bond acceptors (Lipinski definition) is 4. The Morgan fingerprint density at radius 1 is 0.420 bits per heavy atom. The normalized spacial score (nSPS) is 12.0. The molecule has 3 heterocycles. The van der Waals surface area contributed by atoms with Crippen LogP contribution in [0.25, 0.3) is 105 Å². The first-order chi connectivity index (χ1) is 24.8. The van der Waals surface area contributed by atoms with E-state index in [-0.39, 0.29) is 0 Å². The Hall–Kier alpha value is -6.85. The Morgan fingerprint density at radius 2 is 1.06 bits per heavy atom. The predicted molar refractivity (Wildman–Crippen MR) is 205 cm³/mol. The molecule has 0 aliphatic carbocycles. The Morgan fingerprint density at radius 3 is 1.88 bits per heavy atom. The van der Waals surface area contributed by atoms with Crippen molar-refractivity contribution in [2.45, 2.75) is 0 Å². The zero-order valence-electron chi connectivity index (χ0n) is 26.7. The minimum Gasteiger partial charge on any atom is -0.455 e. The van der Waals surface area contributed by atoms with Crippen molar-refractivity contribution < 1.29 is 4.42 Å². The van der Waals surface area contributed by atoms with Gasteiger partial charge in [0, 0.05) is 27.1 Å². The van der Waals surface area contributed by atoms with Gasteiger partial charge in [-0.25, -0.2) is 4.98 Å². The van der Waals surface area contributed by atoms with Gasteiger partial charge in [-0.1, -0.05) is 127 Å². The van der Waals surface area contributed by atoms with E-state index in [0.29, 0.717) is 17.6 Å². The topological polar surface area (TPSA) is 56.7 Å². The first kappa shape index (κ1) is 27.1. The second-order valence-corrected chi connectivity index (χ2v) is 12.8. The van der Waals surface area contributed by atoms with E-state index in [1.807, 2.05) is 42.5 Å². The predicted octanol–water partition coefficient (Wildman–Crippen LogP) is 11.7. The highest BCUT2D eigenvalue weighted by Crippen LogP contribution is 2.42. The molecule has 3 aromatic heterocycles. The van der Waals surface area contributed by atoms with Crippen molar-refractivity contribution in [3.05, 3.63) is 158 Å². The fourth-order valence-electron chi connectivity index (χ4n) is 7.73. The molecule has 11 aromatic rings. The SMILES string of the molecule is c1ccc(-c2nc(-c3cc4ccccc4c4c3oc3ccccc34)nc(-n3c4cc5ccccc5cc4c4c5ccccc5ccc43)n2)cc1. The Bertz CT molecular complexity index is 3160. The molecule has 0 saturated carbocycles. The third-order valence-electron chi connectivity index (χ3n) is 9.99. The first-order valence-corrected chi connectivity index (χ1v) is 16.8. The lowest BCUT2D eigenvalue weighted by Crippen LogP contribution is -2.06. The number of para-hydroxylation sites is 1. The first-order valence-electron chi connectivity index (χ1n) is 16.8. The minimum absolute atomic E-state index is 0.553. The molecule has 0 N–H and O–H groups in total. The summed E-state index contributed by atoms with van der Waals surface area (Å²) < 4.78 is 8.86. The maximum absolute atomic E-state index is 6.65. The summed E-state index contributed by atoms with van der Waals surface area (Å²) in [6, 6.07) is 55.0. The van der Waals surface area contributed by atoms with Gasteiger partial charge in [-0.2, -0.15) is 9.97 Å². The molecule has 5 nitrogen and oxygen atoms in total. The Balaban J connectivity index is 1.29. The van der Waals surface area contributed by atoms with Crippen LogP contribution in [0.5, 0.6) is 0 Å². The summed E-state index contributed by atoms with van der Waals surface area (Å²) in [5.74, 6) is 1.71. The van der Waals surface area contributed by atoms with Crippen LogP contribution in [0.15, 0.2) is 162 Å². The van der Waals surface area contributed by atoms with E-state index in [9.17, 15) is 0 Å². The summed E-state index contributed by atoms with van der Waals surface area (Å²) in [6.45, 7) is 0. The standard InChI is InChI=1S/C45H26N4O/c1-2-13-28(14-3-1)43-46-44(36-25-31-17-7-9-19-33(31)41-34-20-10-11-21-39(34)50-42(36)41)48-45(47-43)49-37-23-22-27-12-6-8-18-32(27)40(37)35-24-29-15-4-5-16-30(29)26-38(35)49/h1-26H. The quantitative estimate of drug-likeness (QED) is 0.193. The van der Waals surface area contributed by atoms with E-state index in [4.69, 9.17) is 19.4 Å². The summed E-state index contributed by atoms with van der Waals surface area (Å²) in [7, 11) is 0. The van der Waals surface area contributed by atoms with Crippen molar-refractivity contribution in [3.63, 3.8) is 0 Å². The Kier molecular flexibility index (Phi) is 5.60. The molecule has 0 fully saturated rings. The number of hydrogen-bond donors (Lipinski definition) is 0. The molecule has 11 rings (SSSR count). The number of aromatic nitrogens is 4. The molecule has 0 spiro atoms. The largest absolute Gasteiger partial charge is 0.455 e. The molecule has 0 amide bonds. The van der Waals surface area contributed by atoms with E-state index in [1.165, 1.54) is 21.5 Å². The van der Waals surface area contributed by atoms with Crippen molar-refractivity contribution >= 4 is 76.1 Å². The van der Waals surface area contributed by atoms with Crippen molar-refractivity contribution in [1.29, 1.82) is 0 Å². The molecule has 50 heavy (non-hydrogen) atoms. The average molecular weight is 639 g/mol. The number of nitrogens with zero attached hydrogens (tertiary/aromatic N) is 4. The van der Waals surface area contributed by atoms with Crippen molar-refractivity contribution in [3.8, 4) is 28.7 Å². The highest BCUT2D eigenvalue weighted by atomic mass is 16.3. The van der Waals surface area contributed by atoms with Crippen LogP contribution < -0.4 is 0 Å². The van der Waals surface area contributed by atoms with Crippen LogP contribution in [0.1, 0.15) is 0 Å². The molecular weight excluding hydrogens is 613 g/mol. The number of benzene rings is 8. The van der Waals surface area contributed by atoms with E-state index in [0.717, 1.165) is 65.6 Å². The second kappa shape index (κ2) is 10.3. The van der Waals surface area contributed by atoms with Gasteiger partial charge in [-0.15, -0.1) is 0 Å².